The zero-order valence-corrected chi connectivity index (χ0v) is 18.7. The predicted molar refractivity (Wildman–Crippen MR) is 123 cm³/mol. The minimum Gasteiger partial charge on any atom is -0.352 e. The van der Waals surface area contributed by atoms with E-state index in [9.17, 15) is 9.59 Å². The normalized spacial score (nSPS) is 10.7. The molecule has 0 aliphatic heterocycles. The lowest BCUT2D eigenvalue weighted by Gasteiger charge is -2.07. The number of carbonyl (C=O) groups excluding carboxylic acids is 2. The maximum absolute atomic E-state index is 12.0. The van der Waals surface area contributed by atoms with Crippen molar-refractivity contribution in [3.8, 4) is 0 Å². The number of carbonyl (C=O) groups is 2. The maximum Gasteiger partial charge on any atom is 0.251 e. The number of nitrogens with one attached hydrogen (secondary N) is 2. The van der Waals surface area contributed by atoms with Gasteiger partial charge in [-0.1, -0.05) is 84.0 Å². The van der Waals surface area contributed by atoms with Crippen LogP contribution in [-0.2, 0) is 4.79 Å². The highest BCUT2D eigenvalue weighted by Crippen LogP contribution is 2.14. The van der Waals surface area contributed by atoms with Gasteiger partial charge in [0.2, 0.25) is 5.91 Å². The lowest BCUT2D eigenvalue weighted by atomic mass is 10.0. The molecule has 0 saturated carbocycles. The smallest absolute Gasteiger partial charge is 0.251 e. The topological polar surface area (TPSA) is 58.2 Å². The fourth-order valence-electron chi connectivity index (χ4n) is 3.49. The number of unbranched alkanes of at least 4 members (excludes halogenated alkanes) is 12. The van der Waals surface area contributed by atoms with Crippen LogP contribution in [0.15, 0.2) is 24.3 Å². The van der Waals surface area contributed by atoms with Crippen LogP contribution in [0.4, 0.5) is 5.69 Å². The summed E-state index contributed by atoms with van der Waals surface area (Å²) < 4.78 is 0. The summed E-state index contributed by atoms with van der Waals surface area (Å²) in [6, 6.07) is 7.05. The lowest BCUT2D eigenvalue weighted by molar-refractivity contribution is -0.116. The molecule has 164 valence electrons. The van der Waals surface area contributed by atoms with Gasteiger partial charge >= 0.3 is 0 Å². The van der Waals surface area contributed by atoms with Crippen molar-refractivity contribution < 1.29 is 9.59 Å². The monoisotopic (exact) mass is 402 g/mol. The van der Waals surface area contributed by atoms with Gasteiger partial charge in [0.05, 0.1) is 0 Å². The standard InChI is InChI=1S/C25H42N2O2/c1-3-5-6-7-8-9-10-11-12-13-14-15-16-17-24(28)27-23-20-18-22(19-21-23)25(29)26-4-2/h18-21H,3-17H2,1-2H3,(H,26,29)(H,27,28). The van der Waals surface area contributed by atoms with Gasteiger partial charge in [-0.3, -0.25) is 9.59 Å². The van der Waals surface area contributed by atoms with Crippen molar-refractivity contribution in [2.75, 3.05) is 11.9 Å². The van der Waals surface area contributed by atoms with Crippen molar-refractivity contribution in [3.63, 3.8) is 0 Å². The zero-order chi connectivity index (χ0) is 21.2. The van der Waals surface area contributed by atoms with Crippen LogP contribution in [0.5, 0.6) is 0 Å². The van der Waals surface area contributed by atoms with E-state index in [0.717, 1.165) is 18.5 Å². The number of rotatable bonds is 17. The second-order valence-electron chi connectivity index (χ2n) is 7.98. The number of hydrogen-bond acceptors (Lipinski definition) is 2. The minimum atomic E-state index is -0.0858. The van der Waals surface area contributed by atoms with Crippen molar-refractivity contribution >= 4 is 17.5 Å². The van der Waals surface area contributed by atoms with Gasteiger partial charge in [-0.2, -0.15) is 0 Å². The van der Waals surface area contributed by atoms with Gasteiger partial charge in [0.15, 0.2) is 0 Å². The first-order chi connectivity index (χ1) is 14.2. The molecule has 29 heavy (non-hydrogen) atoms. The highest BCUT2D eigenvalue weighted by Gasteiger charge is 2.06. The Balaban J connectivity index is 1.98. The molecule has 0 atom stereocenters. The Bertz CT molecular complexity index is 554. The quantitative estimate of drug-likeness (QED) is 0.280. The largest absolute Gasteiger partial charge is 0.352 e. The van der Waals surface area contributed by atoms with Crippen molar-refractivity contribution in [1.29, 1.82) is 0 Å². The average molecular weight is 403 g/mol. The molecule has 0 fully saturated rings. The maximum atomic E-state index is 12.0. The van der Waals surface area contributed by atoms with Crippen molar-refractivity contribution in [2.45, 2.75) is 104 Å². The number of anilines is 1. The summed E-state index contributed by atoms with van der Waals surface area (Å²) in [5, 5.41) is 5.68. The van der Waals surface area contributed by atoms with Crippen LogP contribution < -0.4 is 10.6 Å². The van der Waals surface area contributed by atoms with Gasteiger partial charge in [-0.05, 0) is 37.6 Å². The van der Waals surface area contributed by atoms with E-state index < -0.39 is 0 Å². The Hall–Kier alpha value is -1.84. The highest BCUT2D eigenvalue weighted by atomic mass is 16.2. The Morgan fingerprint density at radius 2 is 1.17 bits per heavy atom. The Kier molecular flexibility index (Phi) is 14.8. The summed E-state index contributed by atoms with van der Waals surface area (Å²) in [6.45, 7) is 4.76. The molecule has 2 amide bonds. The molecule has 0 aliphatic rings. The van der Waals surface area contributed by atoms with E-state index in [0.29, 0.717) is 18.5 Å². The van der Waals surface area contributed by atoms with Gasteiger partial charge < -0.3 is 10.6 Å². The molecule has 4 nitrogen and oxygen atoms in total. The van der Waals surface area contributed by atoms with Gasteiger partial charge in [-0.25, -0.2) is 0 Å². The Labute approximate surface area is 178 Å². The molecule has 0 aliphatic carbocycles. The third-order valence-electron chi connectivity index (χ3n) is 5.28. The molecule has 0 aromatic heterocycles. The molecule has 0 unspecified atom stereocenters. The van der Waals surface area contributed by atoms with Crippen LogP contribution in [-0.4, -0.2) is 18.4 Å². The summed E-state index contributed by atoms with van der Waals surface area (Å²) in [5.41, 5.74) is 1.36. The second-order valence-corrected chi connectivity index (χ2v) is 7.98. The summed E-state index contributed by atoms with van der Waals surface area (Å²) >= 11 is 0. The van der Waals surface area contributed by atoms with E-state index in [-0.39, 0.29) is 11.8 Å². The van der Waals surface area contributed by atoms with Crippen LogP contribution in [0, 0.1) is 0 Å². The van der Waals surface area contributed by atoms with Gasteiger partial charge in [-0.15, -0.1) is 0 Å². The molecule has 2 N–H and O–H groups in total. The number of benzene rings is 1. The van der Waals surface area contributed by atoms with E-state index >= 15 is 0 Å². The minimum absolute atomic E-state index is 0.0545. The van der Waals surface area contributed by atoms with Gasteiger partial charge in [0.1, 0.15) is 0 Å². The molecule has 1 aromatic carbocycles. The van der Waals surface area contributed by atoms with E-state index in [1.54, 1.807) is 24.3 Å². The molecule has 0 heterocycles. The van der Waals surface area contributed by atoms with Crippen LogP contribution in [0.3, 0.4) is 0 Å². The molecule has 4 heteroatoms. The third kappa shape index (κ3) is 13.1. The molecule has 1 rings (SSSR count). The summed E-state index contributed by atoms with van der Waals surface area (Å²) in [4.78, 5) is 23.8. The average Bonchev–Trinajstić information content (AvgIpc) is 2.72. The van der Waals surface area contributed by atoms with Gasteiger partial charge in [0.25, 0.3) is 5.91 Å². The molecule has 1 aromatic rings. The molecule has 0 spiro atoms. The molecule has 0 saturated heterocycles. The van der Waals surface area contributed by atoms with E-state index in [2.05, 4.69) is 17.6 Å². The van der Waals surface area contributed by atoms with Gasteiger partial charge in [0, 0.05) is 24.2 Å². The molecule has 0 radical (unpaired) electrons. The van der Waals surface area contributed by atoms with Crippen LogP contribution in [0.1, 0.15) is 114 Å². The van der Waals surface area contributed by atoms with Crippen LogP contribution in [0.2, 0.25) is 0 Å². The molecule has 0 bridgehead atoms. The van der Waals surface area contributed by atoms with Crippen molar-refractivity contribution in [1.82, 2.24) is 5.32 Å². The first kappa shape index (κ1) is 25.2. The highest BCUT2D eigenvalue weighted by molar-refractivity contribution is 5.95. The van der Waals surface area contributed by atoms with E-state index in [1.165, 1.54) is 70.6 Å². The molecular formula is C25H42N2O2. The lowest BCUT2D eigenvalue weighted by Crippen LogP contribution is -2.22. The fraction of sp³-hybridized carbons (Fsp3) is 0.680. The van der Waals surface area contributed by atoms with E-state index in [4.69, 9.17) is 0 Å². The zero-order valence-electron chi connectivity index (χ0n) is 18.7. The predicted octanol–water partition coefficient (Wildman–Crippen LogP) is 6.86. The van der Waals surface area contributed by atoms with Crippen LogP contribution in [0.25, 0.3) is 0 Å². The fourth-order valence-corrected chi connectivity index (χ4v) is 3.49. The van der Waals surface area contributed by atoms with Crippen LogP contribution >= 0.6 is 0 Å². The van der Waals surface area contributed by atoms with Crippen molar-refractivity contribution in [2.24, 2.45) is 0 Å². The number of amides is 2. The molecular weight excluding hydrogens is 360 g/mol. The summed E-state index contributed by atoms with van der Waals surface area (Å²) in [6.07, 6.45) is 17.6. The Morgan fingerprint density at radius 3 is 1.66 bits per heavy atom. The third-order valence-corrected chi connectivity index (χ3v) is 5.28. The van der Waals surface area contributed by atoms with E-state index in [1.807, 2.05) is 6.92 Å². The second kappa shape index (κ2) is 17.1. The Morgan fingerprint density at radius 1 is 0.690 bits per heavy atom. The van der Waals surface area contributed by atoms with Crippen molar-refractivity contribution in [3.05, 3.63) is 29.8 Å². The first-order valence-corrected chi connectivity index (χ1v) is 11.9. The summed E-state index contributed by atoms with van der Waals surface area (Å²) in [7, 11) is 0. The first-order valence-electron chi connectivity index (χ1n) is 11.9. The SMILES string of the molecule is CCCCCCCCCCCCCCCC(=O)Nc1ccc(C(=O)NCC)cc1. The number of hydrogen-bond donors (Lipinski definition) is 2. The summed E-state index contributed by atoms with van der Waals surface area (Å²) in [5.74, 6) is -0.0313.